The van der Waals surface area contributed by atoms with Crippen LogP contribution in [0.25, 0.3) is 0 Å². The van der Waals surface area contributed by atoms with Crippen LogP contribution in [-0.4, -0.2) is 24.7 Å². The van der Waals surface area contributed by atoms with E-state index < -0.39 is 10.0 Å². The minimum absolute atomic E-state index is 0.277. The highest BCUT2D eigenvalue weighted by Crippen LogP contribution is 2.26. The van der Waals surface area contributed by atoms with Crippen LogP contribution in [0, 0.1) is 0 Å². The molecule has 6 nitrogen and oxygen atoms in total. The van der Waals surface area contributed by atoms with Crippen molar-refractivity contribution < 1.29 is 8.42 Å². The highest BCUT2D eigenvalue weighted by atomic mass is 32.2. The molecule has 2 N–H and O–H groups in total. The standard InChI is InChI=1S/C12H14N4O2S/c1-16-8-10(7-14-16)15-19(17,18)11-2-3-12-9(6-11)4-5-13-12/h2-3,6-8,13,15H,4-5H2,1H3. The second-order valence-corrected chi connectivity index (χ2v) is 6.19. The molecule has 3 rings (SSSR count). The maximum Gasteiger partial charge on any atom is 0.262 e. The van der Waals surface area contributed by atoms with E-state index in [-0.39, 0.29) is 4.90 Å². The Hall–Kier alpha value is -2.02. The Bertz CT molecular complexity index is 721. The largest absolute Gasteiger partial charge is 0.384 e. The van der Waals surface area contributed by atoms with Crippen molar-refractivity contribution in [3.63, 3.8) is 0 Å². The average molecular weight is 278 g/mol. The second kappa shape index (κ2) is 4.27. The lowest BCUT2D eigenvalue weighted by molar-refractivity contribution is 0.601. The first kappa shape index (κ1) is 12.0. The van der Waals surface area contributed by atoms with E-state index in [1.165, 1.54) is 6.20 Å². The Morgan fingerprint density at radius 1 is 1.42 bits per heavy atom. The van der Waals surface area contributed by atoms with Gasteiger partial charge >= 0.3 is 0 Å². The number of fused-ring (bicyclic) bond motifs is 1. The number of sulfonamides is 1. The van der Waals surface area contributed by atoms with Gasteiger partial charge < -0.3 is 5.32 Å². The topological polar surface area (TPSA) is 76.0 Å². The molecule has 1 aromatic carbocycles. The van der Waals surface area contributed by atoms with Crippen molar-refractivity contribution in [2.24, 2.45) is 7.05 Å². The lowest BCUT2D eigenvalue weighted by Gasteiger charge is -2.07. The van der Waals surface area contributed by atoms with Gasteiger partial charge in [-0.3, -0.25) is 9.40 Å². The molecular formula is C12H14N4O2S. The van der Waals surface area contributed by atoms with Gasteiger partial charge in [-0.2, -0.15) is 5.10 Å². The first-order valence-corrected chi connectivity index (χ1v) is 7.41. The highest BCUT2D eigenvalue weighted by Gasteiger charge is 2.18. The van der Waals surface area contributed by atoms with E-state index in [0.29, 0.717) is 5.69 Å². The third-order valence-electron chi connectivity index (χ3n) is 3.05. The van der Waals surface area contributed by atoms with E-state index >= 15 is 0 Å². The van der Waals surface area contributed by atoms with Gasteiger partial charge in [0, 0.05) is 25.5 Å². The van der Waals surface area contributed by atoms with Crippen LogP contribution < -0.4 is 10.0 Å². The zero-order valence-corrected chi connectivity index (χ0v) is 11.2. The van der Waals surface area contributed by atoms with Gasteiger partial charge in [0.05, 0.1) is 16.8 Å². The Balaban J connectivity index is 1.92. The molecule has 0 amide bonds. The molecule has 0 saturated heterocycles. The molecule has 0 fully saturated rings. The Morgan fingerprint density at radius 3 is 3.00 bits per heavy atom. The fourth-order valence-electron chi connectivity index (χ4n) is 2.14. The average Bonchev–Trinajstić information content (AvgIpc) is 2.96. The summed E-state index contributed by atoms with van der Waals surface area (Å²) in [6, 6.07) is 5.13. The molecule has 0 radical (unpaired) electrons. The number of rotatable bonds is 3. The van der Waals surface area contributed by atoms with E-state index in [0.717, 1.165) is 24.2 Å². The molecule has 1 aliphatic rings. The molecule has 19 heavy (non-hydrogen) atoms. The van der Waals surface area contributed by atoms with Crippen LogP contribution >= 0.6 is 0 Å². The molecule has 0 bridgehead atoms. The smallest absolute Gasteiger partial charge is 0.262 e. The number of aromatic nitrogens is 2. The third-order valence-corrected chi connectivity index (χ3v) is 4.43. The zero-order chi connectivity index (χ0) is 13.5. The van der Waals surface area contributed by atoms with Crippen molar-refractivity contribution in [1.82, 2.24) is 9.78 Å². The van der Waals surface area contributed by atoms with Gasteiger partial charge in [0.1, 0.15) is 0 Å². The summed E-state index contributed by atoms with van der Waals surface area (Å²) in [7, 11) is -1.82. The number of hydrogen-bond acceptors (Lipinski definition) is 4. The van der Waals surface area contributed by atoms with Crippen LogP contribution in [0.5, 0.6) is 0 Å². The maximum absolute atomic E-state index is 12.2. The Morgan fingerprint density at radius 2 is 2.26 bits per heavy atom. The van der Waals surface area contributed by atoms with Gasteiger partial charge in [0.2, 0.25) is 0 Å². The fourth-order valence-corrected chi connectivity index (χ4v) is 3.21. The van der Waals surface area contributed by atoms with Gasteiger partial charge in [-0.1, -0.05) is 0 Å². The zero-order valence-electron chi connectivity index (χ0n) is 10.4. The predicted molar refractivity (Wildman–Crippen MR) is 72.7 cm³/mol. The van der Waals surface area contributed by atoms with E-state index in [4.69, 9.17) is 0 Å². The summed E-state index contributed by atoms with van der Waals surface area (Å²) in [5.74, 6) is 0. The molecule has 0 spiro atoms. The van der Waals surface area contributed by atoms with E-state index in [1.807, 2.05) is 0 Å². The van der Waals surface area contributed by atoms with Gasteiger partial charge in [0.25, 0.3) is 10.0 Å². The quantitative estimate of drug-likeness (QED) is 0.884. The van der Waals surface area contributed by atoms with Crippen LogP contribution in [0.3, 0.4) is 0 Å². The lowest BCUT2D eigenvalue weighted by Crippen LogP contribution is -2.12. The monoisotopic (exact) mass is 278 g/mol. The Labute approximate surface area is 111 Å². The number of nitrogens with one attached hydrogen (secondary N) is 2. The molecule has 1 aromatic heterocycles. The number of benzene rings is 1. The summed E-state index contributed by atoms with van der Waals surface area (Å²) in [6.07, 6.45) is 3.95. The van der Waals surface area contributed by atoms with Crippen LogP contribution in [-0.2, 0) is 23.5 Å². The normalized spacial score (nSPS) is 13.9. The highest BCUT2D eigenvalue weighted by molar-refractivity contribution is 7.92. The van der Waals surface area contributed by atoms with Crippen LogP contribution in [0.2, 0.25) is 0 Å². The second-order valence-electron chi connectivity index (χ2n) is 4.50. The van der Waals surface area contributed by atoms with Crippen molar-refractivity contribution >= 4 is 21.4 Å². The molecule has 0 atom stereocenters. The third kappa shape index (κ3) is 2.28. The van der Waals surface area contributed by atoms with E-state index in [1.54, 1.807) is 36.1 Å². The van der Waals surface area contributed by atoms with Crippen LogP contribution in [0.1, 0.15) is 5.56 Å². The molecule has 2 heterocycles. The predicted octanol–water partition coefficient (Wildman–Crippen LogP) is 1.19. The number of anilines is 2. The number of nitrogens with zero attached hydrogens (tertiary/aromatic N) is 2. The van der Waals surface area contributed by atoms with Gasteiger partial charge in [-0.25, -0.2) is 8.42 Å². The number of hydrogen-bond donors (Lipinski definition) is 2. The van der Waals surface area contributed by atoms with Crippen LogP contribution in [0.4, 0.5) is 11.4 Å². The van der Waals surface area contributed by atoms with Crippen molar-refractivity contribution in [3.05, 3.63) is 36.2 Å². The van der Waals surface area contributed by atoms with Gasteiger partial charge in [-0.15, -0.1) is 0 Å². The Kier molecular flexibility index (Phi) is 2.70. The summed E-state index contributed by atoms with van der Waals surface area (Å²) >= 11 is 0. The van der Waals surface area contributed by atoms with Crippen LogP contribution in [0.15, 0.2) is 35.5 Å². The van der Waals surface area contributed by atoms with Crippen molar-refractivity contribution in [1.29, 1.82) is 0 Å². The molecular weight excluding hydrogens is 264 g/mol. The van der Waals surface area contributed by atoms with Crippen molar-refractivity contribution in [3.8, 4) is 0 Å². The lowest BCUT2D eigenvalue weighted by atomic mass is 10.2. The summed E-state index contributed by atoms with van der Waals surface area (Å²) in [4.78, 5) is 0.277. The van der Waals surface area contributed by atoms with E-state index in [9.17, 15) is 8.42 Å². The minimum atomic E-state index is -3.55. The maximum atomic E-state index is 12.2. The fraction of sp³-hybridized carbons (Fsp3) is 0.250. The number of aryl methyl sites for hydroxylation is 1. The molecule has 0 saturated carbocycles. The summed E-state index contributed by atoms with van der Waals surface area (Å²) in [5.41, 5.74) is 2.51. The summed E-state index contributed by atoms with van der Waals surface area (Å²) in [6.45, 7) is 0.856. The first-order chi connectivity index (χ1) is 9.04. The SMILES string of the molecule is Cn1cc(NS(=O)(=O)c2ccc3c(c2)CCN3)cn1. The summed E-state index contributed by atoms with van der Waals surface area (Å²) in [5, 5.41) is 7.14. The van der Waals surface area contributed by atoms with Crippen molar-refractivity contribution in [2.45, 2.75) is 11.3 Å². The molecule has 0 aliphatic carbocycles. The molecule has 7 heteroatoms. The van der Waals surface area contributed by atoms with Crippen molar-refractivity contribution in [2.75, 3.05) is 16.6 Å². The molecule has 1 aliphatic heterocycles. The molecule has 100 valence electrons. The van der Waals surface area contributed by atoms with Gasteiger partial charge in [0.15, 0.2) is 0 Å². The van der Waals surface area contributed by atoms with Gasteiger partial charge in [-0.05, 0) is 30.2 Å². The molecule has 0 unspecified atom stereocenters. The molecule has 2 aromatic rings. The minimum Gasteiger partial charge on any atom is -0.384 e. The van der Waals surface area contributed by atoms with E-state index in [2.05, 4.69) is 15.1 Å². The first-order valence-electron chi connectivity index (χ1n) is 5.93. The summed E-state index contributed by atoms with van der Waals surface area (Å²) < 4.78 is 28.5.